The van der Waals surface area contributed by atoms with Crippen molar-refractivity contribution in [2.75, 3.05) is 0 Å². The molecule has 56 valence electrons. The van der Waals surface area contributed by atoms with Crippen molar-refractivity contribution in [3.63, 3.8) is 0 Å². The van der Waals surface area contributed by atoms with Crippen molar-refractivity contribution >= 4 is 53.3 Å². The van der Waals surface area contributed by atoms with Gasteiger partial charge in [0, 0.05) is 14.1 Å². The van der Waals surface area contributed by atoms with E-state index < -0.39 is 0 Å². The average molecular weight is 292 g/mol. The van der Waals surface area contributed by atoms with Gasteiger partial charge in [0.2, 0.25) is 16.3 Å². The summed E-state index contributed by atoms with van der Waals surface area (Å²) in [6, 6.07) is 7.94. The lowest BCUT2D eigenvalue weighted by Gasteiger charge is -1.89. The first-order valence-electron chi connectivity index (χ1n) is 2.77. The van der Waals surface area contributed by atoms with Crippen LogP contribution < -0.4 is 0 Å². The van der Waals surface area contributed by atoms with Gasteiger partial charge < -0.3 is 4.79 Å². The maximum absolute atomic E-state index is 8.77. The molecule has 0 aliphatic heterocycles. The van der Waals surface area contributed by atoms with Crippen LogP contribution in [0.1, 0.15) is 0 Å². The van der Waals surface area contributed by atoms with Crippen molar-refractivity contribution in [1.82, 2.24) is 0 Å². The van der Waals surface area contributed by atoms with Crippen LogP contribution in [0.15, 0.2) is 33.2 Å². The SMILES string of the molecule is Brc1ccccc1Br.O=[CH][Al]. The van der Waals surface area contributed by atoms with Crippen molar-refractivity contribution in [2.45, 2.75) is 0 Å². The lowest BCUT2D eigenvalue weighted by Crippen LogP contribution is -1.63. The molecule has 0 amide bonds. The minimum Gasteiger partial charge on any atom is -0.327 e. The fraction of sp³-hybridized carbons (Fsp3) is 0. The van der Waals surface area contributed by atoms with E-state index in [1.165, 1.54) is 0 Å². The van der Waals surface area contributed by atoms with Gasteiger partial charge in [0.05, 0.1) is 0 Å². The molecule has 0 aliphatic rings. The molecule has 0 saturated heterocycles. The van der Waals surface area contributed by atoms with Crippen molar-refractivity contribution in [1.29, 1.82) is 0 Å². The van der Waals surface area contributed by atoms with Crippen LogP contribution in [-0.4, -0.2) is 21.4 Å². The average Bonchev–Trinajstić information content (AvgIpc) is 1.97. The standard InChI is InChI=1S/C6H4Br2.CHO.Al/c7-5-3-1-2-4-6(5)8;1-2;/h1-4H;1H;. The van der Waals surface area contributed by atoms with Gasteiger partial charge in [-0.15, -0.1) is 0 Å². The Hall–Kier alpha value is 0.382. The highest BCUT2D eigenvalue weighted by atomic mass is 79.9. The largest absolute Gasteiger partial charge is 0.327 e. The Morgan fingerprint density at radius 2 is 1.45 bits per heavy atom. The smallest absolute Gasteiger partial charge is 0.235 e. The number of carbonyl (C=O) groups excluding carboxylic acids is 1. The first-order chi connectivity index (χ1) is 5.22. The second-order valence-electron chi connectivity index (χ2n) is 1.55. The molecule has 0 fully saturated rings. The van der Waals surface area contributed by atoms with Gasteiger partial charge >= 0.3 is 0 Å². The molecule has 0 unspecified atom stereocenters. The molecular formula is C7H5AlBr2O. The highest BCUT2D eigenvalue weighted by Gasteiger charge is 1.88. The predicted molar refractivity (Wildman–Crippen MR) is 54.3 cm³/mol. The molecule has 1 nitrogen and oxygen atoms in total. The van der Waals surface area contributed by atoms with Gasteiger partial charge in [0.25, 0.3) is 0 Å². The zero-order chi connectivity index (χ0) is 8.69. The van der Waals surface area contributed by atoms with Crippen LogP contribution in [-0.2, 0) is 4.79 Å². The molecule has 0 heterocycles. The Morgan fingerprint density at radius 1 is 1.18 bits per heavy atom. The van der Waals surface area contributed by atoms with E-state index in [4.69, 9.17) is 4.79 Å². The molecule has 1 aromatic rings. The summed E-state index contributed by atoms with van der Waals surface area (Å²) in [7, 11) is 0. The molecular weight excluding hydrogens is 287 g/mol. The van der Waals surface area contributed by atoms with Crippen LogP contribution in [0.3, 0.4) is 0 Å². The van der Waals surface area contributed by atoms with E-state index in [1.807, 2.05) is 40.6 Å². The maximum Gasteiger partial charge on any atom is 0.235 e. The van der Waals surface area contributed by atoms with Gasteiger partial charge in [-0.1, -0.05) is 12.1 Å². The number of hydrogen-bond acceptors (Lipinski definition) is 1. The number of benzene rings is 1. The Balaban J connectivity index is 0.000000292. The Kier molecular flexibility index (Phi) is 7.30. The lowest BCUT2D eigenvalue weighted by atomic mass is 10.4. The number of rotatable bonds is 0. The zero-order valence-corrected chi connectivity index (χ0v) is 9.95. The summed E-state index contributed by atoms with van der Waals surface area (Å²) in [5.74, 6) is 0. The van der Waals surface area contributed by atoms with Gasteiger partial charge in [0.1, 0.15) is 0 Å². The fourth-order valence-corrected chi connectivity index (χ4v) is 1.01. The molecule has 0 aliphatic carbocycles. The van der Waals surface area contributed by atoms with Crippen molar-refractivity contribution in [3.8, 4) is 0 Å². The summed E-state index contributed by atoms with van der Waals surface area (Å²) < 4.78 is 2.19. The van der Waals surface area contributed by atoms with E-state index in [2.05, 4.69) is 31.9 Å². The molecule has 0 bridgehead atoms. The van der Waals surface area contributed by atoms with E-state index in [9.17, 15) is 0 Å². The number of hydrogen-bond donors (Lipinski definition) is 0. The topological polar surface area (TPSA) is 17.1 Å². The summed E-state index contributed by atoms with van der Waals surface area (Å²) in [5.41, 5.74) is 0. The summed E-state index contributed by atoms with van der Waals surface area (Å²) in [5, 5.41) is 0.667. The van der Waals surface area contributed by atoms with E-state index >= 15 is 0 Å². The van der Waals surface area contributed by atoms with E-state index in [0.717, 1.165) is 8.95 Å². The van der Waals surface area contributed by atoms with Crippen molar-refractivity contribution in [2.24, 2.45) is 0 Å². The Bertz CT molecular complexity index is 206. The third kappa shape index (κ3) is 5.63. The first-order valence-corrected chi connectivity index (χ1v) is 5.03. The lowest BCUT2D eigenvalue weighted by molar-refractivity contribution is 0.569. The summed E-state index contributed by atoms with van der Waals surface area (Å²) >= 11 is 8.59. The maximum atomic E-state index is 8.77. The second-order valence-corrected chi connectivity index (χ2v) is 3.53. The summed E-state index contributed by atoms with van der Waals surface area (Å²) in [6.45, 7) is 0. The Morgan fingerprint density at radius 3 is 1.64 bits per heavy atom. The minimum atomic E-state index is 0.667. The third-order valence-corrected chi connectivity index (χ3v) is 2.74. The van der Waals surface area contributed by atoms with Gasteiger partial charge in [-0.05, 0) is 44.0 Å². The molecule has 0 aromatic heterocycles. The molecule has 1 aromatic carbocycles. The normalized spacial score (nSPS) is 7.82. The third-order valence-electron chi connectivity index (χ3n) is 0.824. The highest BCUT2D eigenvalue weighted by Crippen LogP contribution is 2.20. The predicted octanol–water partition coefficient (Wildman–Crippen LogP) is 2.56. The first kappa shape index (κ1) is 11.4. The molecule has 0 atom stereocenters. The van der Waals surface area contributed by atoms with Gasteiger partial charge in [-0.3, -0.25) is 0 Å². The van der Waals surface area contributed by atoms with Gasteiger partial charge in [-0.25, -0.2) is 0 Å². The second kappa shape index (κ2) is 7.05. The van der Waals surface area contributed by atoms with E-state index in [-0.39, 0.29) is 0 Å². The molecule has 11 heavy (non-hydrogen) atoms. The molecule has 0 saturated carbocycles. The van der Waals surface area contributed by atoms with Gasteiger partial charge in [0.15, 0.2) is 0 Å². The molecule has 2 radical (unpaired) electrons. The number of carbonyl (C=O) groups is 1. The highest BCUT2D eigenvalue weighted by molar-refractivity contribution is 9.13. The monoisotopic (exact) mass is 290 g/mol. The molecule has 4 heteroatoms. The summed E-state index contributed by atoms with van der Waals surface area (Å²) in [4.78, 5) is 8.77. The van der Waals surface area contributed by atoms with Crippen LogP contribution in [0, 0.1) is 0 Å². The summed E-state index contributed by atoms with van der Waals surface area (Å²) in [6.07, 6.45) is 0. The molecule has 1 rings (SSSR count). The Labute approximate surface area is 90.9 Å². The van der Waals surface area contributed by atoms with Crippen LogP contribution in [0.2, 0.25) is 0 Å². The number of halogens is 2. The zero-order valence-electron chi connectivity index (χ0n) is 5.63. The van der Waals surface area contributed by atoms with Crippen LogP contribution in [0.4, 0.5) is 0 Å². The van der Waals surface area contributed by atoms with Crippen LogP contribution in [0.5, 0.6) is 0 Å². The van der Waals surface area contributed by atoms with E-state index in [1.54, 1.807) is 0 Å². The van der Waals surface area contributed by atoms with Gasteiger partial charge in [-0.2, -0.15) is 0 Å². The molecule has 0 N–H and O–H groups in total. The molecule has 0 spiro atoms. The van der Waals surface area contributed by atoms with Crippen molar-refractivity contribution < 1.29 is 4.79 Å². The fourth-order valence-electron chi connectivity index (χ4n) is 0.439. The quantitative estimate of drug-likeness (QED) is 0.530. The minimum absolute atomic E-state index is 0.667. The van der Waals surface area contributed by atoms with Crippen LogP contribution in [0.25, 0.3) is 0 Å². The van der Waals surface area contributed by atoms with Crippen LogP contribution >= 0.6 is 31.9 Å². The van der Waals surface area contributed by atoms with Crippen molar-refractivity contribution in [3.05, 3.63) is 33.2 Å². The van der Waals surface area contributed by atoms with E-state index in [0.29, 0.717) is 5.15 Å².